The van der Waals surface area contributed by atoms with Crippen molar-refractivity contribution in [3.63, 3.8) is 0 Å². The minimum absolute atomic E-state index is 0.0416. The van der Waals surface area contributed by atoms with E-state index in [2.05, 4.69) is 4.98 Å². The average Bonchev–Trinajstić information content (AvgIpc) is 2.48. The second kappa shape index (κ2) is 5.59. The first-order valence-corrected chi connectivity index (χ1v) is 8.30. The van der Waals surface area contributed by atoms with E-state index in [0.29, 0.717) is 10.5 Å². The van der Waals surface area contributed by atoms with Crippen molar-refractivity contribution in [2.75, 3.05) is 0 Å². The van der Waals surface area contributed by atoms with Gasteiger partial charge in [0, 0.05) is 16.6 Å². The molecule has 0 aliphatic rings. The van der Waals surface area contributed by atoms with Gasteiger partial charge in [-0.3, -0.25) is 4.98 Å². The Labute approximate surface area is 133 Å². The van der Waals surface area contributed by atoms with Crippen LogP contribution in [-0.4, -0.2) is 13.4 Å². The monoisotopic (exact) mass is 333 g/mol. The summed E-state index contributed by atoms with van der Waals surface area (Å²) in [7, 11) is -3.97. The maximum absolute atomic E-state index is 12.5. The smallest absolute Gasteiger partial charge is 0.341 e. The number of benzene rings is 2. The summed E-state index contributed by atoms with van der Waals surface area (Å²) < 4.78 is 30.1. The molecule has 0 fully saturated rings. The van der Waals surface area contributed by atoms with Crippen LogP contribution in [-0.2, 0) is 10.1 Å². The van der Waals surface area contributed by atoms with Crippen LogP contribution in [0.1, 0.15) is 5.56 Å². The van der Waals surface area contributed by atoms with Crippen LogP contribution in [0.2, 0.25) is 5.02 Å². The predicted molar refractivity (Wildman–Crippen MR) is 85.7 cm³/mol. The number of aromatic nitrogens is 1. The summed E-state index contributed by atoms with van der Waals surface area (Å²) in [4.78, 5) is 4.26. The van der Waals surface area contributed by atoms with Crippen molar-refractivity contribution in [1.29, 1.82) is 0 Å². The van der Waals surface area contributed by atoms with E-state index in [-0.39, 0.29) is 10.6 Å². The molecule has 0 radical (unpaired) electrons. The molecule has 1 aromatic heterocycles. The molecule has 6 heteroatoms. The largest absolute Gasteiger partial charge is 0.379 e. The molecule has 3 rings (SSSR count). The number of rotatable bonds is 3. The minimum atomic E-state index is -3.97. The highest BCUT2D eigenvalue weighted by atomic mass is 35.5. The summed E-state index contributed by atoms with van der Waals surface area (Å²) in [5.74, 6) is 0.202. The zero-order chi connectivity index (χ0) is 15.7. The lowest BCUT2D eigenvalue weighted by Gasteiger charge is -2.09. The molecule has 0 unspecified atom stereocenters. The first kappa shape index (κ1) is 14.8. The fourth-order valence-corrected chi connectivity index (χ4v) is 3.34. The van der Waals surface area contributed by atoms with Crippen LogP contribution in [0.25, 0.3) is 10.9 Å². The molecule has 2 aromatic carbocycles. The van der Waals surface area contributed by atoms with Gasteiger partial charge in [-0.1, -0.05) is 23.7 Å². The van der Waals surface area contributed by atoms with Crippen LogP contribution in [0.3, 0.4) is 0 Å². The van der Waals surface area contributed by atoms with Crippen LogP contribution in [0.15, 0.2) is 59.6 Å². The summed E-state index contributed by atoms with van der Waals surface area (Å²) >= 11 is 5.78. The first-order valence-electron chi connectivity index (χ1n) is 6.51. The third-order valence-corrected chi connectivity index (χ3v) is 4.63. The predicted octanol–water partition coefficient (Wildman–Crippen LogP) is 3.96. The van der Waals surface area contributed by atoms with Gasteiger partial charge < -0.3 is 4.18 Å². The van der Waals surface area contributed by atoms with E-state index < -0.39 is 10.1 Å². The molecule has 0 atom stereocenters. The van der Waals surface area contributed by atoms with E-state index in [1.54, 1.807) is 24.4 Å². The van der Waals surface area contributed by atoms with Crippen LogP contribution >= 0.6 is 11.6 Å². The SMILES string of the molecule is Cc1cnc2c(S(=O)(=O)Oc3ccc(Cl)cc3)cccc2c1. The fraction of sp³-hybridized carbons (Fsp3) is 0.0625. The molecule has 1 heterocycles. The number of pyridine rings is 1. The number of para-hydroxylation sites is 1. The van der Waals surface area contributed by atoms with Gasteiger partial charge in [0.15, 0.2) is 0 Å². The molecule has 22 heavy (non-hydrogen) atoms. The number of aryl methyl sites for hydroxylation is 1. The number of nitrogens with zero attached hydrogens (tertiary/aromatic N) is 1. The van der Waals surface area contributed by atoms with Crippen molar-refractivity contribution in [3.05, 3.63) is 65.3 Å². The van der Waals surface area contributed by atoms with E-state index in [9.17, 15) is 8.42 Å². The standard InChI is InChI=1S/C16H12ClNO3S/c1-11-9-12-3-2-4-15(16(12)18-10-11)22(19,20)21-14-7-5-13(17)6-8-14/h2-10H,1H3. The lowest BCUT2D eigenvalue weighted by molar-refractivity contribution is 0.487. The molecular weight excluding hydrogens is 322 g/mol. The van der Waals surface area contributed by atoms with E-state index in [1.165, 1.54) is 18.2 Å². The Morgan fingerprint density at radius 2 is 1.82 bits per heavy atom. The highest BCUT2D eigenvalue weighted by Crippen LogP contribution is 2.25. The van der Waals surface area contributed by atoms with Gasteiger partial charge in [-0.15, -0.1) is 0 Å². The van der Waals surface area contributed by atoms with Crippen LogP contribution < -0.4 is 4.18 Å². The maximum Gasteiger partial charge on any atom is 0.341 e. The maximum atomic E-state index is 12.5. The lowest BCUT2D eigenvalue weighted by atomic mass is 10.2. The van der Waals surface area contributed by atoms with Gasteiger partial charge in [-0.05, 0) is 48.9 Å². The topological polar surface area (TPSA) is 56.3 Å². The van der Waals surface area contributed by atoms with Crippen molar-refractivity contribution in [2.24, 2.45) is 0 Å². The molecule has 4 nitrogen and oxygen atoms in total. The number of halogens is 1. The van der Waals surface area contributed by atoms with E-state index >= 15 is 0 Å². The van der Waals surface area contributed by atoms with Crippen molar-refractivity contribution in [1.82, 2.24) is 4.98 Å². The number of hydrogen-bond donors (Lipinski definition) is 0. The Hall–Kier alpha value is -2.11. The number of hydrogen-bond acceptors (Lipinski definition) is 4. The summed E-state index contributed by atoms with van der Waals surface area (Å²) in [6.45, 7) is 1.90. The second-order valence-electron chi connectivity index (χ2n) is 4.83. The van der Waals surface area contributed by atoms with E-state index in [4.69, 9.17) is 15.8 Å². The molecule has 3 aromatic rings. The zero-order valence-corrected chi connectivity index (χ0v) is 13.2. The van der Waals surface area contributed by atoms with Crippen molar-refractivity contribution < 1.29 is 12.6 Å². The van der Waals surface area contributed by atoms with Gasteiger partial charge in [0.05, 0.1) is 5.52 Å². The van der Waals surface area contributed by atoms with Crippen LogP contribution in [0.4, 0.5) is 0 Å². The van der Waals surface area contributed by atoms with E-state index in [0.717, 1.165) is 10.9 Å². The quantitative estimate of drug-likeness (QED) is 0.681. The molecular formula is C16H12ClNO3S. The van der Waals surface area contributed by atoms with Gasteiger partial charge in [-0.25, -0.2) is 0 Å². The fourth-order valence-electron chi connectivity index (χ4n) is 2.11. The summed E-state index contributed by atoms with van der Waals surface area (Å²) in [6, 6.07) is 13.0. The Kier molecular flexibility index (Phi) is 3.76. The Bertz CT molecular complexity index is 937. The lowest BCUT2D eigenvalue weighted by Crippen LogP contribution is -2.10. The second-order valence-corrected chi connectivity index (χ2v) is 6.78. The molecule has 0 amide bonds. The van der Waals surface area contributed by atoms with Gasteiger partial charge in [0.1, 0.15) is 10.6 Å². The molecule has 0 aliphatic carbocycles. The molecule has 0 bridgehead atoms. The molecule has 112 valence electrons. The normalized spacial score (nSPS) is 11.5. The Morgan fingerprint density at radius 1 is 1.09 bits per heavy atom. The van der Waals surface area contributed by atoms with Crippen LogP contribution in [0.5, 0.6) is 5.75 Å². The number of fused-ring (bicyclic) bond motifs is 1. The van der Waals surface area contributed by atoms with Crippen molar-refractivity contribution in [2.45, 2.75) is 11.8 Å². The summed E-state index contributed by atoms with van der Waals surface area (Å²) in [5.41, 5.74) is 1.35. The summed E-state index contributed by atoms with van der Waals surface area (Å²) in [6.07, 6.45) is 1.63. The van der Waals surface area contributed by atoms with Crippen molar-refractivity contribution >= 4 is 32.6 Å². The molecule has 0 N–H and O–H groups in total. The first-order chi connectivity index (χ1) is 10.5. The Morgan fingerprint density at radius 3 is 2.55 bits per heavy atom. The molecule has 0 aliphatic heterocycles. The van der Waals surface area contributed by atoms with Crippen LogP contribution in [0, 0.1) is 6.92 Å². The van der Waals surface area contributed by atoms with Gasteiger partial charge in [0.25, 0.3) is 0 Å². The highest BCUT2D eigenvalue weighted by molar-refractivity contribution is 7.87. The van der Waals surface area contributed by atoms with Gasteiger partial charge in [-0.2, -0.15) is 8.42 Å². The third kappa shape index (κ3) is 2.91. The average molecular weight is 334 g/mol. The van der Waals surface area contributed by atoms with Gasteiger partial charge in [0.2, 0.25) is 0 Å². The summed E-state index contributed by atoms with van der Waals surface area (Å²) in [5, 5.41) is 1.26. The molecule has 0 saturated carbocycles. The Balaban J connectivity index is 2.07. The minimum Gasteiger partial charge on any atom is -0.379 e. The highest BCUT2D eigenvalue weighted by Gasteiger charge is 2.20. The van der Waals surface area contributed by atoms with Crippen molar-refractivity contribution in [3.8, 4) is 5.75 Å². The molecule has 0 saturated heterocycles. The molecule has 0 spiro atoms. The third-order valence-electron chi connectivity index (χ3n) is 3.10. The van der Waals surface area contributed by atoms with Gasteiger partial charge >= 0.3 is 10.1 Å². The van der Waals surface area contributed by atoms with E-state index in [1.807, 2.05) is 19.1 Å². The zero-order valence-electron chi connectivity index (χ0n) is 11.7.